The molecule has 3 N–H and O–H groups in total. The highest BCUT2D eigenvalue weighted by Crippen LogP contribution is 2.63. The van der Waals surface area contributed by atoms with E-state index in [2.05, 4.69) is 468 Å². The van der Waals surface area contributed by atoms with Gasteiger partial charge in [0.15, 0.2) is 8.07 Å². The summed E-state index contributed by atoms with van der Waals surface area (Å²) in [4.78, 5) is 0. The smallest absolute Gasteiger partial charge is 0.165 e. The molecule has 15 aromatic rings. The monoisotopic (exact) mass is 1620 g/mol. The summed E-state index contributed by atoms with van der Waals surface area (Å²) in [5.41, 5.74) is 23.8. The summed E-state index contributed by atoms with van der Waals surface area (Å²) in [6, 6.07) is 147. The van der Waals surface area contributed by atoms with E-state index < -0.39 is 42.4 Å². The molecular formula is C111H110O4Si4. The Morgan fingerprint density at radius 1 is 0.235 bits per heavy atom. The van der Waals surface area contributed by atoms with Crippen LogP contribution in [-0.2, 0) is 31.5 Å². The van der Waals surface area contributed by atoms with Crippen LogP contribution in [0, 0.1) is 0 Å². The summed E-state index contributed by atoms with van der Waals surface area (Å²) in [6.45, 7) is 23.2. The maximum atomic E-state index is 11.2. The van der Waals surface area contributed by atoms with Crippen molar-refractivity contribution in [1.82, 2.24) is 0 Å². The van der Waals surface area contributed by atoms with Crippen molar-refractivity contribution in [3.8, 4) is 44.5 Å². The van der Waals surface area contributed by atoms with Crippen molar-refractivity contribution in [2.24, 2.45) is 0 Å². The fourth-order valence-corrected chi connectivity index (χ4v) is 46.9. The van der Waals surface area contributed by atoms with E-state index in [1.165, 1.54) is 126 Å². The van der Waals surface area contributed by atoms with Crippen LogP contribution < -0.4 is 31.1 Å². The van der Waals surface area contributed by atoms with Gasteiger partial charge < -0.3 is 20.1 Å². The summed E-state index contributed by atoms with van der Waals surface area (Å²) in [7, 11) is -9.42. The van der Waals surface area contributed by atoms with Gasteiger partial charge in [0.2, 0.25) is 0 Å². The number of fused-ring (bicyclic) bond motifs is 12. The molecule has 0 radical (unpaired) electrons. The standard InChI is InChI=1S/C39H32OSi.C27H24OSi.C23H32OSi.C22H22OSi/c1-5-17-31(18-6-1)29-40-30-39(37-27-15-13-25-35(37)36-26-14-16-28-38(36)39)41(32-19-7-2-8-20-32,33-21-9-3-10-22-33)34-23-11-4-12-24-34;1-29(21-12-4-2-5-13-21,22-14-6-3-7-15-22)27(20-28)25-18-10-8-16-23(25)24-17-9-11-19-26(24)27;1-16(2)25(17(3)4,18(5)6)23(15-24)21-13-9-7-11-19(21)20-12-8-10-14-22(20)23;1-24(2,17-10-4-3-5-11-17)22(16-23)20-14-8-6-12-18(20)19-13-7-9-15-21(19)22/h1-28H,29-30H2;2-19,28H,20H2,1H3;7-14,16-18,24H,15H2,1-6H3;3-15,23H,16H2,1-2H3. The maximum absolute atomic E-state index is 11.2. The quantitative estimate of drug-likeness (QED) is 0.0525. The lowest BCUT2D eigenvalue weighted by Gasteiger charge is -2.56. The number of hydrogen-bond acceptors (Lipinski definition) is 4. The van der Waals surface area contributed by atoms with Crippen LogP contribution in [0.25, 0.3) is 44.5 Å². The van der Waals surface area contributed by atoms with Crippen LogP contribution in [0.1, 0.15) is 91.6 Å². The van der Waals surface area contributed by atoms with Gasteiger partial charge in [0, 0.05) is 15.1 Å². The predicted molar refractivity (Wildman–Crippen MR) is 510 cm³/mol. The van der Waals surface area contributed by atoms with Crippen LogP contribution in [0.4, 0.5) is 0 Å². The Morgan fingerprint density at radius 3 is 0.706 bits per heavy atom. The lowest BCUT2D eigenvalue weighted by Crippen LogP contribution is -2.79. The Labute approximate surface area is 710 Å². The van der Waals surface area contributed by atoms with Crippen LogP contribution >= 0.6 is 0 Å². The molecule has 0 amide bonds. The zero-order valence-electron chi connectivity index (χ0n) is 70.2. The SMILES string of the molecule is CC(C)[Si](C(C)C)(C(C)C)C1(CO)c2ccccc2-c2ccccc21.C[Si](C)(c1ccccc1)C1(CO)c2ccccc2-c2ccccc21.C[Si](c1ccccc1)(c1ccccc1)C1(CO)c2ccccc2-c2ccccc21.c1ccc(COCC2([Si](c3ccccc3)(c3ccccc3)c3ccccc3)c3ccccc3-c3ccccc32)cc1. The van der Waals surface area contributed by atoms with Crippen LogP contribution in [0.3, 0.4) is 0 Å². The first-order chi connectivity index (χ1) is 58.1. The first kappa shape index (κ1) is 81.7. The minimum Gasteiger partial charge on any atom is -0.395 e. The third kappa shape index (κ3) is 12.9. The number of benzene rings is 15. The molecule has 0 atom stereocenters. The summed E-state index contributed by atoms with van der Waals surface area (Å²) >= 11 is 0. The third-order valence-electron chi connectivity index (χ3n) is 28.4. The number of aliphatic hydroxyl groups is 3. The first-order valence-corrected chi connectivity index (χ1v) is 52.3. The molecule has 0 saturated carbocycles. The maximum Gasteiger partial charge on any atom is 0.165 e. The van der Waals surface area contributed by atoms with Gasteiger partial charge in [-0.3, -0.25) is 0 Å². The van der Waals surface area contributed by atoms with Crippen molar-refractivity contribution < 1.29 is 20.1 Å². The summed E-state index contributed by atoms with van der Waals surface area (Å²) in [5.74, 6) is 0. The van der Waals surface area contributed by atoms with Crippen molar-refractivity contribution in [2.75, 3.05) is 26.4 Å². The summed E-state index contributed by atoms with van der Waals surface area (Å²) in [5, 5.41) is 39.8. The zero-order valence-corrected chi connectivity index (χ0v) is 74.2. The van der Waals surface area contributed by atoms with Gasteiger partial charge in [-0.1, -0.05) is 483 Å². The van der Waals surface area contributed by atoms with Crippen molar-refractivity contribution in [3.05, 3.63) is 457 Å². The molecule has 0 unspecified atom stereocenters. The fourth-order valence-electron chi connectivity index (χ4n) is 23.6. The van der Waals surface area contributed by atoms with Crippen LogP contribution in [0.5, 0.6) is 0 Å². The summed E-state index contributed by atoms with van der Waals surface area (Å²) in [6.07, 6.45) is 0. The van der Waals surface area contributed by atoms with Gasteiger partial charge in [-0.25, -0.2) is 0 Å². The van der Waals surface area contributed by atoms with Crippen molar-refractivity contribution in [3.63, 3.8) is 0 Å². The predicted octanol–water partition coefficient (Wildman–Crippen LogP) is 21.5. The van der Waals surface area contributed by atoms with Gasteiger partial charge in [-0.05, 0) is 127 Å². The second-order valence-corrected chi connectivity index (χ2v) is 53.7. The van der Waals surface area contributed by atoms with E-state index in [9.17, 15) is 15.3 Å². The molecule has 4 aliphatic rings. The average Bonchev–Trinajstić information content (AvgIpc) is 1.56. The van der Waals surface area contributed by atoms with Gasteiger partial charge >= 0.3 is 0 Å². The highest BCUT2D eigenvalue weighted by molar-refractivity contribution is 7.14. The molecule has 4 nitrogen and oxygen atoms in total. The van der Waals surface area contributed by atoms with E-state index in [1.54, 1.807) is 0 Å². The lowest BCUT2D eigenvalue weighted by molar-refractivity contribution is 0.104. The molecule has 8 heteroatoms. The van der Waals surface area contributed by atoms with Gasteiger partial charge in [0.1, 0.15) is 8.07 Å². The molecule has 0 bridgehead atoms. The normalized spacial score (nSPS) is 14.4. The zero-order chi connectivity index (χ0) is 82.6. The van der Waals surface area contributed by atoms with Crippen molar-refractivity contribution >= 4 is 63.4 Å². The van der Waals surface area contributed by atoms with Crippen molar-refractivity contribution in [1.29, 1.82) is 0 Å². The summed E-state index contributed by atoms with van der Waals surface area (Å²) < 4.78 is 6.93. The lowest BCUT2D eigenvalue weighted by atomic mass is 9.96. The van der Waals surface area contributed by atoms with Crippen LogP contribution in [0.2, 0.25) is 36.3 Å². The third-order valence-corrected chi connectivity index (χ3v) is 51.8. The molecule has 594 valence electrons. The topological polar surface area (TPSA) is 69.9 Å². The van der Waals surface area contributed by atoms with E-state index in [-0.39, 0.29) is 29.9 Å². The molecule has 19 rings (SSSR count). The highest BCUT2D eigenvalue weighted by Gasteiger charge is 2.65. The van der Waals surface area contributed by atoms with Crippen LogP contribution in [0.15, 0.2) is 406 Å². The minimum atomic E-state index is -2.91. The largest absolute Gasteiger partial charge is 0.395 e. The van der Waals surface area contributed by atoms with Crippen molar-refractivity contribution in [2.45, 2.75) is 105 Å². The molecule has 4 aliphatic carbocycles. The molecule has 119 heavy (non-hydrogen) atoms. The van der Waals surface area contributed by atoms with E-state index in [0.717, 1.165) is 0 Å². The number of rotatable bonds is 20. The fraction of sp³-hybridized carbons (Fsp3) is 0.189. The van der Waals surface area contributed by atoms with E-state index in [1.807, 2.05) is 0 Å². The van der Waals surface area contributed by atoms with E-state index in [0.29, 0.717) is 29.8 Å². The molecule has 0 heterocycles. The number of hydrogen-bond donors (Lipinski definition) is 3. The molecule has 0 aliphatic heterocycles. The molecule has 15 aromatic carbocycles. The second kappa shape index (κ2) is 34.0. The number of aliphatic hydroxyl groups excluding tert-OH is 3. The van der Waals surface area contributed by atoms with Gasteiger partial charge in [0.25, 0.3) is 0 Å². The van der Waals surface area contributed by atoms with Gasteiger partial charge in [0.05, 0.1) is 54.2 Å². The molecule has 0 spiro atoms. The molecular weight excluding hydrogens is 1510 g/mol. The van der Waals surface area contributed by atoms with E-state index >= 15 is 0 Å². The first-order valence-electron chi connectivity index (χ1n) is 42.6. The Kier molecular flexibility index (Phi) is 23.4. The van der Waals surface area contributed by atoms with Crippen LogP contribution in [-0.4, -0.2) is 74.0 Å². The highest BCUT2D eigenvalue weighted by atomic mass is 28.3. The van der Waals surface area contributed by atoms with E-state index in [4.69, 9.17) is 4.74 Å². The molecule has 0 saturated heterocycles. The van der Waals surface area contributed by atoms with Gasteiger partial charge in [-0.2, -0.15) is 0 Å². The molecule has 0 fully saturated rings. The Balaban J connectivity index is 0.000000121. The Morgan fingerprint density at radius 2 is 0.445 bits per heavy atom. The number of ether oxygens (including phenoxy) is 1. The second-order valence-electron chi connectivity index (χ2n) is 34.5. The molecule has 0 aromatic heterocycles. The minimum absolute atomic E-state index is 0.0908. The van der Waals surface area contributed by atoms with Gasteiger partial charge in [-0.15, -0.1) is 0 Å². The Bertz CT molecular complexity index is 5640. The Hall–Kier alpha value is -11.0. The average molecular weight is 1620 g/mol.